The lowest BCUT2D eigenvalue weighted by Gasteiger charge is -2.30. The minimum Gasteiger partial charge on any atom is -0.379 e. The van der Waals surface area contributed by atoms with Gasteiger partial charge in [-0.05, 0) is 12.8 Å². The molecule has 0 spiro atoms. The third-order valence-electron chi connectivity index (χ3n) is 2.61. The van der Waals surface area contributed by atoms with Crippen LogP contribution in [0.1, 0.15) is 12.8 Å². The largest absolute Gasteiger partial charge is 0.379 e. The second-order valence-corrected chi connectivity index (χ2v) is 3.89. The topological polar surface area (TPSA) is 62.4 Å². The van der Waals surface area contributed by atoms with Gasteiger partial charge in [-0.2, -0.15) is 0 Å². The lowest BCUT2D eigenvalue weighted by atomic mass is 10.1. The fourth-order valence-electron chi connectivity index (χ4n) is 1.66. The lowest BCUT2D eigenvalue weighted by Crippen LogP contribution is -2.60. The van der Waals surface area contributed by atoms with Gasteiger partial charge in [0.15, 0.2) is 0 Å². The number of carbonyl (C=O) groups excluding carboxylic acids is 1. The Morgan fingerprint density at radius 2 is 2.07 bits per heavy atom. The van der Waals surface area contributed by atoms with Gasteiger partial charge in [-0.1, -0.05) is 0 Å². The molecule has 0 aromatic heterocycles. The van der Waals surface area contributed by atoms with E-state index in [2.05, 4.69) is 16.0 Å². The van der Waals surface area contributed by atoms with Crippen molar-refractivity contribution < 1.29 is 9.53 Å². The number of amides is 2. The van der Waals surface area contributed by atoms with E-state index >= 15 is 0 Å². The van der Waals surface area contributed by atoms with E-state index in [9.17, 15) is 4.79 Å². The molecule has 2 amide bonds. The molecule has 2 aliphatic heterocycles. The fourth-order valence-corrected chi connectivity index (χ4v) is 1.66. The van der Waals surface area contributed by atoms with E-state index in [1.54, 1.807) is 0 Å². The van der Waals surface area contributed by atoms with Crippen molar-refractivity contribution >= 4 is 6.03 Å². The summed E-state index contributed by atoms with van der Waals surface area (Å²) in [6.45, 7) is 3.24. The van der Waals surface area contributed by atoms with Crippen LogP contribution in [0.3, 0.4) is 0 Å². The van der Waals surface area contributed by atoms with Crippen molar-refractivity contribution in [1.82, 2.24) is 16.0 Å². The van der Waals surface area contributed by atoms with Crippen molar-refractivity contribution in [1.29, 1.82) is 0 Å². The molecule has 2 fully saturated rings. The molecule has 3 N–H and O–H groups in total. The molecule has 0 aliphatic carbocycles. The molecule has 14 heavy (non-hydrogen) atoms. The molecule has 0 radical (unpaired) electrons. The molecule has 80 valence electrons. The maximum atomic E-state index is 11.4. The van der Waals surface area contributed by atoms with E-state index in [0.717, 1.165) is 32.5 Å². The van der Waals surface area contributed by atoms with Crippen LogP contribution in [0.5, 0.6) is 0 Å². The molecule has 2 heterocycles. The van der Waals surface area contributed by atoms with Gasteiger partial charge in [-0.25, -0.2) is 4.79 Å². The SMILES string of the molecule is O=C(NC1CNC1)NC1CCCOC1. The van der Waals surface area contributed by atoms with E-state index in [4.69, 9.17) is 4.74 Å². The van der Waals surface area contributed by atoms with Gasteiger partial charge in [0.2, 0.25) is 0 Å². The number of hydrogen-bond donors (Lipinski definition) is 3. The van der Waals surface area contributed by atoms with Crippen molar-refractivity contribution in [3.8, 4) is 0 Å². The second-order valence-electron chi connectivity index (χ2n) is 3.89. The molecule has 0 aromatic carbocycles. The number of rotatable bonds is 2. The number of nitrogens with one attached hydrogen (secondary N) is 3. The van der Waals surface area contributed by atoms with Gasteiger partial charge in [0.25, 0.3) is 0 Å². The Hall–Kier alpha value is -0.810. The summed E-state index contributed by atoms with van der Waals surface area (Å²) in [6, 6.07) is 0.434. The second kappa shape index (κ2) is 4.61. The summed E-state index contributed by atoms with van der Waals surface area (Å²) in [6.07, 6.45) is 2.06. The zero-order chi connectivity index (χ0) is 9.80. The molecule has 2 aliphatic rings. The van der Waals surface area contributed by atoms with Crippen molar-refractivity contribution in [3.63, 3.8) is 0 Å². The Balaban J connectivity index is 1.64. The van der Waals surface area contributed by atoms with Gasteiger partial charge in [0, 0.05) is 19.7 Å². The Bertz CT molecular complexity index is 200. The standard InChI is InChI=1S/C9H17N3O2/c13-9(12-8-4-10-5-8)11-7-2-1-3-14-6-7/h7-8,10H,1-6H2,(H2,11,12,13). The molecule has 1 atom stereocenters. The van der Waals surface area contributed by atoms with Crippen molar-refractivity contribution in [3.05, 3.63) is 0 Å². The maximum Gasteiger partial charge on any atom is 0.315 e. The highest BCUT2D eigenvalue weighted by atomic mass is 16.5. The molecular weight excluding hydrogens is 182 g/mol. The van der Waals surface area contributed by atoms with E-state index in [1.165, 1.54) is 0 Å². The van der Waals surface area contributed by atoms with Crippen molar-refractivity contribution in [2.45, 2.75) is 24.9 Å². The zero-order valence-corrected chi connectivity index (χ0v) is 8.21. The fraction of sp³-hybridized carbons (Fsp3) is 0.889. The normalized spacial score (nSPS) is 27.9. The summed E-state index contributed by atoms with van der Waals surface area (Å²) in [4.78, 5) is 11.4. The van der Waals surface area contributed by atoms with Gasteiger partial charge in [0.1, 0.15) is 0 Å². The van der Waals surface area contributed by atoms with Crippen LogP contribution in [0, 0.1) is 0 Å². The van der Waals surface area contributed by atoms with Gasteiger partial charge >= 0.3 is 6.03 Å². The first-order valence-electron chi connectivity index (χ1n) is 5.20. The van der Waals surface area contributed by atoms with Crippen LogP contribution in [0.2, 0.25) is 0 Å². The minimum atomic E-state index is -0.0630. The average molecular weight is 199 g/mol. The van der Waals surface area contributed by atoms with Crippen LogP contribution in [-0.4, -0.2) is 44.4 Å². The molecule has 5 nitrogen and oxygen atoms in total. The minimum absolute atomic E-state index is 0.0630. The Labute approximate surface area is 83.6 Å². The third-order valence-corrected chi connectivity index (χ3v) is 2.61. The van der Waals surface area contributed by atoms with E-state index in [0.29, 0.717) is 12.6 Å². The molecule has 2 rings (SSSR count). The molecule has 0 aromatic rings. The van der Waals surface area contributed by atoms with Crippen molar-refractivity contribution in [2.75, 3.05) is 26.3 Å². The summed E-state index contributed by atoms with van der Waals surface area (Å²) in [7, 11) is 0. The van der Waals surface area contributed by atoms with Gasteiger partial charge in [-0.15, -0.1) is 0 Å². The van der Waals surface area contributed by atoms with Gasteiger partial charge in [0.05, 0.1) is 18.7 Å². The highest BCUT2D eigenvalue weighted by Crippen LogP contribution is 2.05. The third kappa shape index (κ3) is 2.59. The summed E-state index contributed by atoms with van der Waals surface area (Å²) >= 11 is 0. The molecule has 2 saturated heterocycles. The highest BCUT2D eigenvalue weighted by Gasteiger charge is 2.21. The van der Waals surface area contributed by atoms with Crippen LogP contribution in [0.4, 0.5) is 4.79 Å². The monoisotopic (exact) mass is 199 g/mol. The van der Waals surface area contributed by atoms with Crippen molar-refractivity contribution in [2.24, 2.45) is 0 Å². The molecule has 0 bridgehead atoms. The Morgan fingerprint density at radius 1 is 1.29 bits per heavy atom. The first kappa shape index (κ1) is 9.73. The zero-order valence-electron chi connectivity index (χ0n) is 8.21. The number of urea groups is 1. The molecule has 5 heteroatoms. The summed E-state index contributed by atoms with van der Waals surface area (Å²) in [5.41, 5.74) is 0. The maximum absolute atomic E-state index is 11.4. The number of hydrogen-bond acceptors (Lipinski definition) is 3. The average Bonchev–Trinajstić information content (AvgIpc) is 2.13. The summed E-state index contributed by atoms with van der Waals surface area (Å²) in [5.74, 6) is 0. The van der Waals surface area contributed by atoms with E-state index < -0.39 is 0 Å². The smallest absolute Gasteiger partial charge is 0.315 e. The van der Waals surface area contributed by atoms with E-state index in [1.807, 2.05) is 0 Å². The van der Waals surface area contributed by atoms with Crippen LogP contribution in [-0.2, 0) is 4.74 Å². The van der Waals surface area contributed by atoms with Crippen LogP contribution >= 0.6 is 0 Å². The number of carbonyl (C=O) groups is 1. The summed E-state index contributed by atoms with van der Waals surface area (Å²) in [5, 5.41) is 8.91. The first-order valence-corrected chi connectivity index (χ1v) is 5.20. The van der Waals surface area contributed by atoms with Crippen LogP contribution < -0.4 is 16.0 Å². The lowest BCUT2D eigenvalue weighted by molar-refractivity contribution is 0.0729. The van der Waals surface area contributed by atoms with Gasteiger partial charge in [-0.3, -0.25) is 0 Å². The predicted octanol–water partition coefficient (Wildman–Crippen LogP) is -0.564. The number of ether oxygens (including phenoxy) is 1. The first-order chi connectivity index (χ1) is 6.84. The quantitative estimate of drug-likeness (QED) is 0.558. The molecule has 0 saturated carbocycles. The predicted molar refractivity (Wildman–Crippen MR) is 52.2 cm³/mol. The van der Waals surface area contributed by atoms with Crippen LogP contribution in [0.15, 0.2) is 0 Å². The summed E-state index contributed by atoms with van der Waals surface area (Å²) < 4.78 is 5.27. The Morgan fingerprint density at radius 3 is 2.64 bits per heavy atom. The van der Waals surface area contributed by atoms with Gasteiger partial charge < -0.3 is 20.7 Å². The Kier molecular flexibility index (Phi) is 3.21. The highest BCUT2D eigenvalue weighted by molar-refractivity contribution is 5.74. The van der Waals surface area contributed by atoms with E-state index in [-0.39, 0.29) is 12.1 Å². The van der Waals surface area contributed by atoms with Crippen LogP contribution in [0.25, 0.3) is 0 Å². The molecular formula is C9H17N3O2. The molecule has 1 unspecified atom stereocenters.